The first kappa shape index (κ1) is 14.0. The Morgan fingerprint density at radius 2 is 2.22 bits per heavy atom. The summed E-state index contributed by atoms with van der Waals surface area (Å²) in [5.41, 5.74) is 0.307. The van der Waals surface area contributed by atoms with Crippen molar-refractivity contribution < 1.29 is 9.53 Å². The maximum Gasteiger partial charge on any atom is 0.136 e. The first-order valence-electron chi connectivity index (χ1n) is 7.61. The third-order valence-corrected chi connectivity index (χ3v) is 5.63. The number of hydrogen-bond donors (Lipinski definition) is 0. The third kappa shape index (κ3) is 2.49. The van der Waals surface area contributed by atoms with E-state index in [0.29, 0.717) is 17.1 Å². The molecule has 2 saturated carbocycles. The van der Waals surface area contributed by atoms with Crippen molar-refractivity contribution in [2.75, 3.05) is 13.7 Å². The predicted molar refractivity (Wildman–Crippen MR) is 73.5 cm³/mol. The molecule has 2 nitrogen and oxygen atoms in total. The molecule has 2 aliphatic carbocycles. The predicted octanol–water partition coefficient (Wildman–Crippen LogP) is 3.83. The van der Waals surface area contributed by atoms with Gasteiger partial charge in [-0.25, -0.2) is 0 Å². The molecule has 2 rings (SSSR count). The molecule has 2 unspecified atom stereocenters. The molecule has 0 aromatic carbocycles. The average molecular weight is 252 g/mol. The van der Waals surface area contributed by atoms with E-state index in [1.54, 1.807) is 7.11 Å². The fraction of sp³-hybridized carbons (Fsp3) is 0.938. The smallest absolute Gasteiger partial charge is 0.136 e. The lowest BCUT2D eigenvalue weighted by atomic mass is 9.62. The molecule has 0 spiro atoms. The Kier molecular flexibility index (Phi) is 4.47. The Bertz CT molecular complexity index is 299. The van der Waals surface area contributed by atoms with Crippen LogP contribution in [-0.4, -0.2) is 19.5 Å². The summed E-state index contributed by atoms with van der Waals surface area (Å²) >= 11 is 0. The van der Waals surface area contributed by atoms with Crippen molar-refractivity contribution in [2.45, 2.75) is 58.8 Å². The van der Waals surface area contributed by atoms with E-state index in [-0.39, 0.29) is 0 Å². The van der Waals surface area contributed by atoms with Crippen LogP contribution in [0.1, 0.15) is 58.8 Å². The molecule has 0 heterocycles. The number of ether oxygens (including phenoxy) is 1. The van der Waals surface area contributed by atoms with Gasteiger partial charge >= 0.3 is 0 Å². The van der Waals surface area contributed by atoms with Gasteiger partial charge in [0.2, 0.25) is 0 Å². The summed E-state index contributed by atoms with van der Waals surface area (Å²) in [6, 6.07) is 0. The van der Waals surface area contributed by atoms with Crippen molar-refractivity contribution in [3.63, 3.8) is 0 Å². The fourth-order valence-corrected chi connectivity index (χ4v) is 4.66. The van der Waals surface area contributed by atoms with Crippen LogP contribution in [0.2, 0.25) is 0 Å². The number of carbonyl (C=O) groups excluding carboxylic acids is 1. The van der Waals surface area contributed by atoms with Gasteiger partial charge in [0.05, 0.1) is 0 Å². The van der Waals surface area contributed by atoms with Gasteiger partial charge in [0.15, 0.2) is 0 Å². The number of carbonyl (C=O) groups is 1. The van der Waals surface area contributed by atoms with Crippen LogP contribution in [0.5, 0.6) is 0 Å². The van der Waals surface area contributed by atoms with Crippen molar-refractivity contribution >= 4 is 5.78 Å². The molecule has 0 amide bonds. The maximum absolute atomic E-state index is 12.1. The van der Waals surface area contributed by atoms with Crippen LogP contribution in [-0.2, 0) is 9.53 Å². The minimum atomic E-state index is 0.307. The van der Waals surface area contributed by atoms with Crippen molar-refractivity contribution in [3.8, 4) is 0 Å². The van der Waals surface area contributed by atoms with Gasteiger partial charge in [-0.2, -0.15) is 0 Å². The normalized spacial score (nSPS) is 37.6. The number of fused-ring (bicyclic) bond motifs is 1. The van der Waals surface area contributed by atoms with E-state index < -0.39 is 0 Å². The molecule has 2 fully saturated rings. The van der Waals surface area contributed by atoms with E-state index >= 15 is 0 Å². The van der Waals surface area contributed by atoms with E-state index in [2.05, 4.69) is 13.8 Å². The molecule has 0 bridgehead atoms. The quantitative estimate of drug-likeness (QED) is 0.695. The van der Waals surface area contributed by atoms with Crippen LogP contribution in [0.4, 0.5) is 0 Å². The van der Waals surface area contributed by atoms with Crippen molar-refractivity contribution in [1.82, 2.24) is 0 Å². The summed E-state index contributed by atoms with van der Waals surface area (Å²) in [5, 5.41) is 0. The zero-order chi connectivity index (χ0) is 13.2. The van der Waals surface area contributed by atoms with Crippen LogP contribution in [0.25, 0.3) is 0 Å². The first-order valence-corrected chi connectivity index (χ1v) is 7.61. The molecule has 2 heteroatoms. The van der Waals surface area contributed by atoms with Crippen molar-refractivity contribution in [3.05, 3.63) is 0 Å². The SMILES string of the molecule is COCCCC(C)C1CC[C@H]2C(=O)CCC[C@]12C. The van der Waals surface area contributed by atoms with Gasteiger partial charge < -0.3 is 4.74 Å². The standard InChI is InChI=1S/C16H28O2/c1-12(6-5-11-18-3)13-8-9-14-15(17)7-4-10-16(13,14)2/h12-14H,4-11H2,1-3H3/t12?,13?,14-,16+/m0/s1. The number of rotatable bonds is 5. The summed E-state index contributed by atoms with van der Waals surface area (Å²) in [5.74, 6) is 2.42. The molecular weight excluding hydrogens is 224 g/mol. The van der Waals surface area contributed by atoms with Gasteiger partial charge in [-0.3, -0.25) is 4.79 Å². The Morgan fingerprint density at radius 1 is 1.44 bits per heavy atom. The summed E-state index contributed by atoms with van der Waals surface area (Å²) in [6.07, 6.45) is 8.04. The third-order valence-electron chi connectivity index (χ3n) is 5.63. The van der Waals surface area contributed by atoms with Gasteiger partial charge in [-0.05, 0) is 55.8 Å². The van der Waals surface area contributed by atoms with Crippen LogP contribution >= 0.6 is 0 Å². The zero-order valence-corrected chi connectivity index (χ0v) is 12.2. The van der Waals surface area contributed by atoms with E-state index in [1.807, 2.05) is 0 Å². The van der Waals surface area contributed by atoms with Crippen molar-refractivity contribution in [2.24, 2.45) is 23.2 Å². The second kappa shape index (κ2) is 5.73. The molecule has 104 valence electrons. The monoisotopic (exact) mass is 252 g/mol. The van der Waals surface area contributed by atoms with Crippen LogP contribution in [0.15, 0.2) is 0 Å². The molecule has 18 heavy (non-hydrogen) atoms. The molecule has 4 atom stereocenters. The highest BCUT2D eigenvalue weighted by Crippen LogP contribution is 2.57. The summed E-state index contributed by atoms with van der Waals surface area (Å²) in [7, 11) is 1.78. The summed E-state index contributed by atoms with van der Waals surface area (Å²) < 4.78 is 5.15. The van der Waals surface area contributed by atoms with E-state index in [4.69, 9.17) is 4.74 Å². The lowest BCUT2D eigenvalue weighted by molar-refractivity contribution is -0.130. The topological polar surface area (TPSA) is 26.3 Å². The van der Waals surface area contributed by atoms with Gasteiger partial charge in [0.1, 0.15) is 5.78 Å². The van der Waals surface area contributed by atoms with Gasteiger partial charge in [0, 0.05) is 26.1 Å². The largest absolute Gasteiger partial charge is 0.385 e. The number of hydrogen-bond acceptors (Lipinski definition) is 2. The molecular formula is C16H28O2. The number of methoxy groups -OCH3 is 1. The Labute approximate surface area is 111 Å². The summed E-state index contributed by atoms with van der Waals surface area (Å²) in [4.78, 5) is 12.1. The highest BCUT2D eigenvalue weighted by atomic mass is 16.5. The van der Waals surface area contributed by atoms with E-state index in [0.717, 1.165) is 44.1 Å². The van der Waals surface area contributed by atoms with Gasteiger partial charge in [0.25, 0.3) is 0 Å². The summed E-state index contributed by atoms with van der Waals surface area (Å²) in [6.45, 7) is 5.64. The molecule has 0 aromatic rings. The van der Waals surface area contributed by atoms with Crippen molar-refractivity contribution in [1.29, 1.82) is 0 Å². The fourth-order valence-electron chi connectivity index (χ4n) is 4.66. The van der Waals surface area contributed by atoms with Crippen LogP contribution in [0.3, 0.4) is 0 Å². The number of ketones is 1. The Morgan fingerprint density at radius 3 is 2.94 bits per heavy atom. The minimum Gasteiger partial charge on any atom is -0.385 e. The molecule has 0 aromatic heterocycles. The molecule has 0 N–H and O–H groups in total. The molecule has 0 aliphatic heterocycles. The van der Waals surface area contributed by atoms with Crippen LogP contribution in [0, 0.1) is 23.2 Å². The zero-order valence-electron chi connectivity index (χ0n) is 12.2. The Balaban J connectivity index is 1.99. The molecule has 0 saturated heterocycles. The van der Waals surface area contributed by atoms with E-state index in [1.165, 1.54) is 19.3 Å². The lowest BCUT2D eigenvalue weighted by Gasteiger charge is -2.42. The molecule has 0 radical (unpaired) electrons. The lowest BCUT2D eigenvalue weighted by Crippen LogP contribution is -2.39. The van der Waals surface area contributed by atoms with E-state index in [9.17, 15) is 4.79 Å². The second-order valence-electron chi connectivity index (χ2n) is 6.67. The first-order chi connectivity index (χ1) is 8.59. The van der Waals surface area contributed by atoms with Gasteiger partial charge in [-0.15, -0.1) is 0 Å². The maximum atomic E-state index is 12.1. The average Bonchev–Trinajstić information content (AvgIpc) is 2.68. The highest BCUT2D eigenvalue weighted by Gasteiger charge is 2.52. The Hall–Kier alpha value is -0.370. The van der Waals surface area contributed by atoms with Crippen LogP contribution < -0.4 is 0 Å². The molecule has 2 aliphatic rings. The van der Waals surface area contributed by atoms with Gasteiger partial charge in [-0.1, -0.05) is 13.8 Å². The second-order valence-corrected chi connectivity index (χ2v) is 6.67. The number of Topliss-reactive ketones (excluding diaryl/α,β-unsaturated/α-hetero) is 1. The minimum absolute atomic E-state index is 0.307. The highest BCUT2D eigenvalue weighted by molar-refractivity contribution is 5.83.